The third-order valence-corrected chi connectivity index (χ3v) is 9.67. The Hall–Kier alpha value is -4.12. The Balaban J connectivity index is 1.33. The van der Waals surface area contributed by atoms with Gasteiger partial charge in [-0.3, -0.25) is 0 Å². The number of anilines is 3. The summed E-state index contributed by atoms with van der Waals surface area (Å²) in [5.74, 6) is -1.28. The van der Waals surface area contributed by atoms with E-state index in [0.29, 0.717) is 49.7 Å². The number of thioether (sulfide) groups is 1. The van der Waals surface area contributed by atoms with Gasteiger partial charge in [0, 0.05) is 39.6 Å². The maximum absolute atomic E-state index is 15.7. The molecule has 0 saturated heterocycles. The summed E-state index contributed by atoms with van der Waals surface area (Å²) in [6, 6.07) is 17.6. The molecule has 3 N–H and O–H groups in total. The van der Waals surface area contributed by atoms with Crippen molar-refractivity contribution in [3.63, 3.8) is 0 Å². The van der Waals surface area contributed by atoms with Crippen molar-refractivity contribution in [2.75, 3.05) is 16.8 Å². The molecule has 2 heterocycles. The zero-order valence-corrected chi connectivity index (χ0v) is 26.4. The number of halogens is 3. The number of amides is 2. The van der Waals surface area contributed by atoms with E-state index in [1.807, 2.05) is 49.9 Å². The van der Waals surface area contributed by atoms with Crippen LogP contribution in [0.15, 0.2) is 83.2 Å². The second-order valence-electron chi connectivity index (χ2n) is 11.1. The van der Waals surface area contributed by atoms with E-state index < -0.39 is 23.1 Å². The molecule has 2 amide bonds. The van der Waals surface area contributed by atoms with Crippen molar-refractivity contribution in [2.45, 2.75) is 31.1 Å². The van der Waals surface area contributed by atoms with Gasteiger partial charge in [0.05, 0.1) is 37.9 Å². The van der Waals surface area contributed by atoms with Crippen molar-refractivity contribution in [3.05, 3.63) is 106 Å². The van der Waals surface area contributed by atoms with Crippen LogP contribution in [0.2, 0.25) is 5.02 Å². The third-order valence-electron chi connectivity index (χ3n) is 7.37. The summed E-state index contributed by atoms with van der Waals surface area (Å²) in [6.45, 7) is 10.2. The largest absolute Gasteiger partial charge is 0.506 e. The number of aryl methyl sites for hydroxylation is 1. The molecule has 0 saturated carbocycles. The number of fused-ring (bicyclic) bond motifs is 2. The summed E-state index contributed by atoms with van der Waals surface area (Å²) in [7, 11) is 0. The number of hydrogen-bond donors (Lipinski definition) is 3. The number of thiazole rings is 1. The number of rotatable bonds is 6. The molecule has 0 bridgehead atoms. The topological polar surface area (TPSA) is 77.5 Å². The summed E-state index contributed by atoms with van der Waals surface area (Å²) >= 11 is 8.69. The van der Waals surface area contributed by atoms with Crippen LogP contribution in [-0.2, 0) is 5.41 Å². The van der Waals surface area contributed by atoms with Crippen molar-refractivity contribution >= 4 is 68.0 Å². The van der Waals surface area contributed by atoms with Crippen molar-refractivity contribution in [1.82, 2.24) is 10.3 Å². The standard InChI is InChI=1S/C33H27ClF2N4O2S2/c1-17-9-10-19(34)13-27(17)43-18(2)37-32(42)39-22-7-5-6-8-24(22)40-16-33(3,4)29-28(21(36)15-25(41)30(29)40)31-38-23-14-20(35)11-12-26(23)44-31/h5-15,41H,2,16H2,1,3-4H3,(H2,37,39,42). The number of benzene rings is 4. The molecule has 0 atom stereocenters. The molecule has 0 unspecified atom stereocenters. The maximum Gasteiger partial charge on any atom is 0.324 e. The number of hydrogen-bond acceptors (Lipinski definition) is 6. The lowest BCUT2D eigenvalue weighted by Gasteiger charge is -2.25. The van der Waals surface area contributed by atoms with Crippen LogP contribution in [0.5, 0.6) is 5.75 Å². The first kappa shape index (κ1) is 29.9. The van der Waals surface area contributed by atoms with E-state index in [1.54, 1.807) is 24.3 Å². The normalized spacial score (nSPS) is 13.6. The Morgan fingerprint density at radius 1 is 1.14 bits per heavy atom. The van der Waals surface area contributed by atoms with Crippen LogP contribution in [0.1, 0.15) is 25.0 Å². The highest BCUT2D eigenvalue weighted by molar-refractivity contribution is 8.03. The SMILES string of the molecule is C=C(NC(=O)Nc1ccccc1N1CC(C)(C)c2c(-c3nc4cc(F)ccc4s3)c(F)cc(O)c21)Sc1cc(Cl)ccc1C. The highest BCUT2D eigenvalue weighted by Crippen LogP contribution is 2.55. The van der Waals surface area contributed by atoms with Crippen LogP contribution in [0.4, 0.5) is 30.6 Å². The van der Waals surface area contributed by atoms with Gasteiger partial charge in [0.1, 0.15) is 22.4 Å². The van der Waals surface area contributed by atoms with Gasteiger partial charge in [-0.2, -0.15) is 0 Å². The Morgan fingerprint density at radius 2 is 1.91 bits per heavy atom. The van der Waals surface area contributed by atoms with Crippen LogP contribution < -0.4 is 15.5 Å². The van der Waals surface area contributed by atoms with E-state index in [0.717, 1.165) is 21.2 Å². The summed E-state index contributed by atoms with van der Waals surface area (Å²) < 4.78 is 30.3. The van der Waals surface area contributed by atoms with Crippen molar-refractivity contribution in [1.29, 1.82) is 0 Å². The first-order valence-corrected chi connectivity index (χ1v) is 15.6. The van der Waals surface area contributed by atoms with Gasteiger partial charge in [0.15, 0.2) is 0 Å². The van der Waals surface area contributed by atoms with Crippen LogP contribution in [0.25, 0.3) is 20.8 Å². The van der Waals surface area contributed by atoms with Crippen LogP contribution in [0, 0.1) is 18.6 Å². The summed E-state index contributed by atoms with van der Waals surface area (Å²) in [5.41, 5.74) is 3.14. The molecule has 224 valence electrons. The number of nitrogens with one attached hydrogen (secondary N) is 2. The minimum Gasteiger partial charge on any atom is -0.506 e. The zero-order valence-electron chi connectivity index (χ0n) is 24.0. The lowest BCUT2D eigenvalue weighted by molar-refractivity contribution is 0.255. The molecule has 1 aliphatic heterocycles. The highest BCUT2D eigenvalue weighted by atomic mass is 35.5. The monoisotopic (exact) mass is 648 g/mol. The lowest BCUT2D eigenvalue weighted by atomic mass is 9.83. The fourth-order valence-electron chi connectivity index (χ4n) is 5.47. The Labute approximate surface area is 266 Å². The van der Waals surface area contributed by atoms with Gasteiger partial charge in [-0.05, 0) is 48.9 Å². The first-order valence-electron chi connectivity index (χ1n) is 13.6. The van der Waals surface area contributed by atoms with Crippen LogP contribution >= 0.6 is 34.7 Å². The second-order valence-corrected chi connectivity index (χ2v) is 13.7. The third kappa shape index (κ3) is 5.60. The molecule has 1 aromatic heterocycles. The molecular weight excluding hydrogens is 622 g/mol. The molecular formula is C33H27ClF2N4O2S2. The van der Waals surface area contributed by atoms with E-state index in [-0.39, 0.29) is 11.3 Å². The Kier molecular flexibility index (Phi) is 7.77. The van der Waals surface area contributed by atoms with Gasteiger partial charge >= 0.3 is 6.03 Å². The minimum absolute atomic E-state index is 0.236. The van der Waals surface area contributed by atoms with E-state index in [1.165, 1.54) is 35.2 Å². The smallest absolute Gasteiger partial charge is 0.324 e. The molecule has 5 aromatic rings. The van der Waals surface area contributed by atoms with Gasteiger partial charge < -0.3 is 20.6 Å². The summed E-state index contributed by atoms with van der Waals surface area (Å²) in [5, 5.41) is 18.2. The van der Waals surface area contributed by atoms with Crippen LogP contribution in [0.3, 0.4) is 0 Å². The zero-order chi connectivity index (χ0) is 31.3. The fourth-order valence-corrected chi connectivity index (χ4v) is 7.53. The second kappa shape index (κ2) is 11.4. The number of nitrogens with zero attached hydrogens (tertiary/aromatic N) is 2. The number of carbonyl (C=O) groups is 1. The predicted molar refractivity (Wildman–Crippen MR) is 176 cm³/mol. The van der Waals surface area contributed by atoms with Gasteiger partial charge in [-0.25, -0.2) is 18.6 Å². The molecule has 0 aliphatic carbocycles. The predicted octanol–water partition coefficient (Wildman–Crippen LogP) is 9.72. The summed E-state index contributed by atoms with van der Waals surface area (Å²) in [6.07, 6.45) is 0. The fraction of sp³-hybridized carbons (Fsp3) is 0.152. The number of carbonyl (C=O) groups excluding carboxylic acids is 1. The minimum atomic E-state index is -0.636. The molecule has 6 rings (SSSR count). The molecule has 0 spiro atoms. The van der Waals surface area contributed by atoms with E-state index in [4.69, 9.17) is 11.6 Å². The molecule has 44 heavy (non-hydrogen) atoms. The van der Waals surface area contributed by atoms with Gasteiger partial charge in [-0.15, -0.1) is 11.3 Å². The van der Waals surface area contributed by atoms with Gasteiger partial charge in [0.2, 0.25) is 0 Å². The molecule has 4 aromatic carbocycles. The molecule has 0 radical (unpaired) electrons. The van der Waals surface area contributed by atoms with Gasteiger partial charge in [0.25, 0.3) is 0 Å². The lowest BCUT2D eigenvalue weighted by Crippen LogP contribution is -2.29. The Bertz CT molecular complexity index is 1980. The number of para-hydroxylation sites is 2. The average molecular weight is 649 g/mol. The quantitative estimate of drug-likeness (QED) is 0.160. The number of urea groups is 1. The molecule has 1 aliphatic rings. The average Bonchev–Trinajstić information content (AvgIpc) is 3.48. The van der Waals surface area contributed by atoms with E-state index in [2.05, 4.69) is 22.2 Å². The van der Waals surface area contributed by atoms with Gasteiger partial charge in [-0.1, -0.05) is 62.0 Å². The Morgan fingerprint density at radius 3 is 2.70 bits per heavy atom. The molecule has 0 fully saturated rings. The van der Waals surface area contributed by atoms with Crippen LogP contribution in [-0.4, -0.2) is 22.7 Å². The highest BCUT2D eigenvalue weighted by Gasteiger charge is 2.42. The maximum atomic E-state index is 15.7. The summed E-state index contributed by atoms with van der Waals surface area (Å²) in [4.78, 5) is 20.4. The number of phenols is 1. The number of aromatic nitrogens is 1. The van der Waals surface area contributed by atoms with Crippen molar-refractivity contribution < 1.29 is 18.7 Å². The van der Waals surface area contributed by atoms with E-state index >= 15 is 4.39 Å². The first-order chi connectivity index (χ1) is 20.9. The van der Waals surface area contributed by atoms with Crippen molar-refractivity contribution in [2.24, 2.45) is 0 Å². The van der Waals surface area contributed by atoms with Crippen molar-refractivity contribution in [3.8, 4) is 16.3 Å². The number of phenolic OH excluding ortho intramolecular Hbond substituents is 1. The molecule has 11 heteroatoms. The van der Waals surface area contributed by atoms with E-state index in [9.17, 15) is 14.3 Å². The number of aromatic hydroxyl groups is 1. The molecule has 6 nitrogen and oxygen atoms in total.